The summed E-state index contributed by atoms with van der Waals surface area (Å²) in [7, 11) is 3.34. The van der Waals surface area contributed by atoms with Crippen molar-refractivity contribution >= 4 is 29.2 Å². The van der Waals surface area contributed by atoms with Crippen LogP contribution in [0.4, 0.5) is 32.3 Å². The third-order valence-electron chi connectivity index (χ3n) is 3.52. The standard InChI is InChI=1S/C14H15FN6O/c1-17-13-18-6-8-7-21(14(22)20(2)12(8)19-13)9-3-4-10(15)11(16)5-9/h3-6H,7,16H2,1-2H3,(H,17,18,19). The molecule has 114 valence electrons. The van der Waals surface area contributed by atoms with Crippen molar-refractivity contribution in [3.63, 3.8) is 0 Å². The van der Waals surface area contributed by atoms with Crippen LogP contribution in [0.3, 0.4) is 0 Å². The Balaban J connectivity index is 2.01. The van der Waals surface area contributed by atoms with E-state index < -0.39 is 5.82 Å². The minimum atomic E-state index is -0.510. The number of aromatic nitrogens is 2. The van der Waals surface area contributed by atoms with Gasteiger partial charge in [0.15, 0.2) is 0 Å². The van der Waals surface area contributed by atoms with Crippen molar-refractivity contribution in [2.24, 2.45) is 0 Å². The molecule has 2 heterocycles. The van der Waals surface area contributed by atoms with Gasteiger partial charge in [-0.3, -0.25) is 9.80 Å². The van der Waals surface area contributed by atoms with Crippen LogP contribution >= 0.6 is 0 Å². The Kier molecular flexibility index (Phi) is 3.28. The van der Waals surface area contributed by atoms with Crippen molar-refractivity contribution < 1.29 is 9.18 Å². The molecule has 2 amide bonds. The number of nitrogens with zero attached hydrogens (tertiary/aromatic N) is 4. The molecule has 0 bridgehead atoms. The monoisotopic (exact) mass is 302 g/mol. The van der Waals surface area contributed by atoms with E-state index in [2.05, 4.69) is 15.3 Å². The van der Waals surface area contributed by atoms with Crippen molar-refractivity contribution in [3.05, 3.63) is 35.8 Å². The van der Waals surface area contributed by atoms with Gasteiger partial charge < -0.3 is 11.1 Å². The molecule has 1 aliphatic heterocycles. The Morgan fingerprint density at radius 3 is 2.86 bits per heavy atom. The lowest BCUT2D eigenvalue weighted by molar-refractivity contribution is 0.251. The van der Waals surface area contributed by atoms with E-state index in [1.54, 1.807) is 20.3 Å². The number of rotatable bonds is 2. The lowest BCUT2D eigenvalue weighted by atomic mass is 10.2. The number of urea groups is 1. The van der Waals surface area contributed by atoms with Crippen molar-refractivity contribution in [2.75, 3.05) is 34.9 Å². The molecule has 1 aromatic heterocycles. The number of fused-ring (bicyclic) bond motifs is 1. The van der Waals surface area contributed by atoms with Crippen LogP contribution in [0.1, 0.15) is 5.56 Å². The molecule has 3 N–H and O–H groups in total. The van der Waals surface area contributed by atoms with Gasteiger partial charge >= 0.3 is 6.03 Å². The number of amides is 2. The summed E-state index contributed by atoms with van der Waals surface area (Å²) in [5.41, 5.74) is 6.90. The van der Waals surface area contributed by atoms with E-state index in [4.69, 9.17) is 5.73 Å². The van der Waals surface area contributed by atoms with E-state index >= 15 is 0 Å². The third-order valence-corrected chi connectivity index (χ3v) is 3.52. The van der Waals surface area contributed by atoms with Gasteiger partial charge in [-0.15, -0.1) is 0 Å². The van der Waals surface area contributed by atoms with Gasteiger partial charge in [0.25, 0.3) is 0 Å². The largest absolute Gasteiger partial charge is 0.396 e. The topological polar surface area (TPSA) is 87.4 Å². The molecule has 0 unspecified atom stereocenters. The second-order valence-corrected chi connectivity index (χ2v) is 4.93. The van der Waals surface area contributed by atoms with Gasteiger partial charge in [0, 0.05) is 31.5 Å². The highest BCUT2D eigenvalue weighted by Gasteiger charge is 2.30. The van der Waals surface area contributed by atoms with Gasteiger partial charge in [0.05, 0.1) is 12.2 Å². The summed E-state index contributed by atoms with van der Waals surface area (Å²) in [6.45, 7) is 0.299. The number of nitrogens with two attached hydrogens (primary N) is 1. The molecule has 1 aromatic carbocycles. The van der Waals surface area contributed by atoms with Crippen molar-refractivity contribution in [2.45, 2.75) is 6.54 Å². The molecule has 3 rings (SSSR count). The van der Waals surface area contributed by atoms with Gasteiger partial charge in [0.1, 0.15) is 11.6 Å². The Hall–Kier alpha value is -2.90. The van der Waals surface area contributed by atoms with Crippen LogP contribution in [0.15, 0.2) is 24.4 Å². The fraction of sp³-hybridized carbons (Fsp3) is 0.214. The Bertz CT molecular complexity index is 750. The molecule has 1 aliphatic rings. The molecule has 2 aromatic rings. The number of anilines is 4. The van der Waals surface area contributed by atoms with Crippen molar-refractivity contribution in [1.82, 2.24) is 9.97 Å². The minimum absolute atomic E-state index is 0.000492. The molecule has 0 aliphatic carbocycles. The maximum atomic E-state index is 13.3. The first kappa shape index (κ1) is 14.1. The van der Waals surface area contributed by atoms with Crippen molar-refractivity contribution in [1.29, 1.82) is 0 Å². The molecule has 0 atom stereocenters. The van der Waals surface area contributed by atoms with E-state index in [1.807, 2.05) is 0 Å². The zero-order valence-electron chi connectivity index (χ0n) is 12.2. The fourth-order valence-corrected chi connectivity index (χ4v) is 2.33. The number of hydrogen-bond donors (Lipinski definition) is 2. The van der Waals surface area contributed by atoms with Gasteiger partial charge in [0.2, 0.25) is 5.95 Å². The van der Waals surface area contributed by atoms with Crippen LogP contribution in [-0.2, 0) is 6.54 Å². The van der Waals surface area contributed by atoms with Crippen LogP contribution in [-0.4, -0.2) is 30.1 Å². The number of hydrogen-bond acceptors (Lipinski definition) is 5. The maximum Gasteiger partial charge on any atom is 0.330 e. The highest BCUT2D eigenvalue weighted by Crippen LogP contribution is 2.30. The average molecular weight is 302 g/mol. The Labute approximate surface area is 126 Å². The summed E-state index contributed by atoms with van der Waals surface area (Å²) in [6, 6.07) is 3.94. The van der Waals surface area contributed by atoms with Crippen LogP contribution < -0.4 is 20.9 Å². The average Bonchev–Trinajstić information content (AvgIpc) is 2.53. The van der Waals surface area contributed by atoms with Crippen LogP contribution in [0.2, 0.25) is 0 Å². The number of benzene rings is 1. The van der Waals surface area contributed by atoms with E-state index in [0.29, 0.717) is 24.0 Å². The summed E-state index contributed by atoms with van der Waals surface area (Å²) in [6.07, 6.45) is 1.66. The smallest absolute Gasteiger partial charge is 0.330 e. The van der Waals surface area contributed by atoms with E-state index in [9.17, 15) is 9.18 Å². The van der Waals surface area contributed by atoms with Gasteiger partial charge in [-0.1, -0.05) is 0 Å². The van der Waals surface area contributed by atoms with E-state index in [0.717, 1.165) is 5.56 Å². The molecule has 0 saturated carbocycles. The minimum Gasteiger partial charge on any atom is -0.396 e. The number of carbonyl (C=O) groups excluding carboxylic acids is 1. The summed E-state index contributed by atoms with van der Waals surface area (Å²) < 4.78 is 13.3. The lowest BCUT2D eigenvalue weighted by Crippen LogP contribution is -2.46. The Morgan fingerprint density at radius 1 is 1.41 bits per heavy atom. The number of carbonyl (C=O) groups is 1. The number of nitrogens with one attached hydrogen (secondary N) is 1. The normalized spacial score (nSPS) is 14.0. The highest BCUT2D eigenvalue weighted by molar-refractivity contribution is 6.05. The molecule has 0 saturated heterocycles. The summed E-state index contributed by atoms with van der Waals surface area (Å²) in [5, 5.41) is 2.84. The van der Waals surface area contributed by atoms with Crippen LogP contribution in [0.5, 0.6) is 0 Å². The fourth-order valence-electron chi connectivity index (χ4n) is 2.33. The first-order valence-corrected chi connectivity index (χ1v) is 6.65. The zero-order valence-corrected chi connectivity index (χ0v) is 12.2. The van der Waals surface area contributed by atoms with Gasteiger partial charge in [-0.2, -0.15) is 4.98 Å². The van der Waals surface area contributed by atoms with Gasteiger partial charge in [-0.05, 0) is 18.2 Å². The van der Waals surface area contributed by atoms with Crippen LogP contribution in [0, 0.1) is 5.82 Å². The first-order valence-electron chi connectivity index (χ1n) is 6.65. The number of halogens is 1. The first-order chi connectivity index (χ1) is 10.5. The van der Waals surface area contributed by atoms with E-state index in [1.165, 1.54) is 28.0 Å². The summed E-state index contributed by atoms with van der Waals surface area (Å²) in [5.74, 6) is 0.484. The molecular weight excluding hydrogens is 287 g/mol. The van der Waals surface area contributed by atoms with Gasteiger partial charge in [-0.25, -0.2) is 14.2 Å². The quantitative estimate of drug-likeness (QED) is 0.826. The molecule has 0 spiro atoms. The van der Waals surface area contributed by atoms with Crippen LogP contribution in [0.25, 0.3) is 0 Å². The molecular formula is C14H15FN6O. The third kappa shape index (κ3) is 2.18. The molecule has 7 nitrogen and oxygen atoms in total. The summed E-state index contributed by atoms with van der Waals surface area (Å²) in [4.78, 5) is 23.9. The maximum absolute atomic E-state index is 13.3. The highest BCUT2D eigenvalue weighted by atomic mass is 19.1. The predicted molar refractivity (Wildman–Crippen MR) is 82.4 cm³/mol. The molecule has 22 heavy (non-hydrogen) atoms. The Morgan fingerprint density at radius 2 is 2.18 bits per heavy atom. The molecule has 0 radical (unpaired) electrons. The summed E-state index contributed by atoms with van der Waals surface area (Å²) >= 11 is 0. The lowest BCUT2D eigenvalue weighted by Gasteiger charge is -2.34. The molecule has 8 heteroatoms. The van der Waals surface area contributed by atoms with Crippen molar-refractivity contribution in [3.8, 4) is 0 Å². The second kappa shape index (κ2) is 5.14. The molecule has 0 fully saturated rings. The SMILES string of the molecule is CNc1ncc2c(n1)N(C)C(=O)N(c1ccc(F)c(N)c1)C2. The zero-order chi connectivity index (χ0) is 15.9. The van der Waals surface area contributed by atoms with E-state index in [-0.39, 0.29) is 11.7 Å². The second-order valence-electron chi connectivity index (χ2n) is 4.93. The number of nitrogen functional groups attached to an aromatic ring is 1. The predicted octanol–water partition coefficient (Wildman–Crippen LogP) is 1.82.